The lowest BCUT2D eigenvalue weighted by molar-refractivity contribution is -0.700. The van der Waals surface area contributed by atoms with Gasteiger partial charge < -0.3 is 20.7 Å². The molecule has 0 amide bonds. The molecule has 22 nitrogen and oxygen atoms in total. The summed E-state index contributed by atoms with van der Waals surface area (Å²) in [7, 11) is -8.83. The van der Waals surface area contributed by atoms with Gasteiger partial charge in [-0.2, -0.15) is 12.8 Å². The van der Waals surface area contributed by atoms with Crippen molar-refractivity contribution >= 4 is 101 Å². The Bertz CT molecular complexity index is 2670. The molecule has 0 bridgehead atoms. The van der Waals surface area contributed by atoms with Crippen molar-refractivity contribution in [3.05, 3.63) is 96.7 Å². The highest BCUT2D eigenvalue weighted by Crippen LogP contribution is 2.48. The Balaban J connectivity index is 1.44. The van der Waals surface area contributed by atoms with E-state index in [1.807, 2.05) is 0 Å². The van der Waals surface area contributed by atoms with E-state index in [0.717, 1.165) is 17.5 Å². The van der Waals surface area contributed by atoms with Crippen molar-refractivity contribution in [2.75, 3.05) is 12.3 Å². The van der Waals surface area contributed by atoms with Crippen molar-refractivity contribution in [2.24, 2.45) is 20.5 Å². The van der Waals surface area contributed by atoms with Gasteiger partial charge in [-0.1, -0.05) is 16.7 Å². The van der Waals surface area contributed by atoms with Gasteiger partial charge in [0, 0.05) is 27.1 Å². The molecule has 59 heavy (non-hydrogen) atoms. The highest BCUT2D eigenvalue weighted by molar-refractivity contribution is 7.95. The Labute approximate surface area is 345 Å². The predicted molar refractivity (Wildman–Crippen MR) is 204 cm³/mol. The standard InChI is InChI=1S/C32H26N6O16S5/c1-2-58(44,45)20-6-10-24(26(15-20)56-53-50-42)34-36-29-22-16-27(57-54-51-43)30(31(39)21(22)7-8-23(29)33)37-35-25-9-5-19(14-28(25)59(46,47)48)55-52-49-13-12-38-11-3-4-18(17-38)32(40)41/h2-11,14-17H,1,12-13H2,(H6-,33,34,35,39,40,41,42,43,46,47,48). The molecule has 0 unspecified atom stereocenters. The second-order valence-electron chi connectivity index (χ2n) is 11.1. The van der Waals surface area contributed by atoms with Crippen LogP contribution in [-0.4, -0.2) is 49.6 Å². The summed E-state index contributed by atoms with van der Waals surface area (Å²) in [5.74, 6) is -1.93. The number of fused-ring (bicyclic) bond motifs is 1. The second kappa shape index (κ2) is 20.2. The maximum absolute atomic E-state index is 12.4. The van der Waals surface area contributed by atoms with Gasteiger partial charge in [0.25, 0.3) is 10.1 Å². The molecule has 0 saturated heterocycles. The Morgan fingerprint density at radius 2 is 1.54 bits per heavy atom. The molecule has 0 aliphatic rings. The Morgan fingerprint density at radius 1 is 0.847 bits per heavy atom. The van der Waals surface area contributed by atoms with Gasteiger partial charge in [0.15, 0.2) is 34.5 Å². The molecule has 310 valence electrons. The minimum Gasteiger partial charge on any atom is -0.545 e. The third kappa shape index (κ3) is 11.6. The number of aromatic carboxylic acids is 1. The van der Waals surface area contributed by atoms with Crippen molar-refractivity contribution in [3.63, 3.8) is 0 Å². The number of carboxylic acids is 1. The molecule has 5 rings (SSSR count). The van der Waals surface area contributed by atoms with Crippen LogP contribution in [0.4, 0.5) is 28.4 Å². The van der Waals surface area contributed by atoms with Gasteiger partial charge in [0.1, 0.15) is 34.3 Å². The number of hydrogen-bond donors (Lipinski definition) is 5. The molecule has 0 aliphatic carbocycles. The number of carbonyl (C=O) groups is 1. The minimum atomic E-state index is -4.94. The molecule has 1 aromatic heterocycles. The van der Waals surface area contributed by atoms with E-state index >= 15 is 0 Å². The highest BCUT2D eigenvalue weighted by atomic mass is 32.2. The van der Waals surface area contributed by atoms with E-state index in [4.69, 9.17) is 25.5 Å². The molecule has 27 heteroatoms. The Kier molecular flexibility index (Phi) is 15.4. The lowest BCUT2D eigenvalue weighted by Crippen LogP contribution is -2.37. The SMILES string of the molecule is C=CS(=O)(=O)c1ccc(N=Nc2c(N)ccc3c(O)c(N=Nc4ccc(SOOCC[n+]5cccc(C(=O)[O-])c5)cc4S(=O)(=O)O)c(SOOO)cc23)c(SOOO)c1. The van der Waals surface area contributed by atoms with Crippen LogP contribution in [0.5, 0.6) is 5.75 Å². The number of nitrogens with two attached hydrogens (primary N) is 1. The summed E-state index contributed by atoms with van der Waals surface area (Å²) in [6.45, 7) is 3.42. The summed E-state index contributed by atoms with van der Waals surface area (Å²) in [6, 6.07) is 14.1. The van der Waals surface area contributed by atoms with E-state index < -0.39 is 36.6 Å². The fourth-order valence-electron chi connectivity index (χ4n) is 4.78. The first-order valence-corrected chi connectivity index (χ1v) is 20.9. The van der Waals surface area contributed by atoms with Crippen LogP contribution in [0, 0.1) is 0 Å². The van der Waals surface area contributed by atoms with Gasteiger partial charge in [-0.15, -0.1) is 29.1 Å². The van der Waals surface area contributed by atoms with Gasteiger partial charge in [-0.25, -0.2) is 28.4 Å². The van der Waals surface area contributed by atoms with Crippen LogP contribution < -0.4 is 15.4 Å². The molecular formula is C32H26N6O16S5. The number of azo groups is 2. The average molecular weight is 911 g/mol. The van der Waals surface area contributed by atoms with E-state index in [0.29, 0.717) is 36.1 Å². The Morgan fingerprint density at radius 3 is 2.24 bits per heavy atom. The number of anilines is 1. The summed E-state index contributed by atoms with van der Waals surface area (Å²) in [5, 5.41) is 64.5. The van der Waals surface area contributed by atoms with Crippen LogP contribution in [0.1, 0.15) is 10.4 Å². The fourth-order valence-corrected chi connectivity index (χ4v) is 7.75. The molecule has 0 aliphatic heterocycles. The van der Waals surface area contributed by atoms with Gasteiger partial charge in [0.2, 0.25) is 0 Å². The number of phenols is 1. The highest BCUT2D eigenvalue weighted by Gasteiger charge is 2.21. The molecule has 5 aromatic rings. The number of aromatic hydroxyl groups is 1. The number of hydrogen-bond acceptors (Lipinski definition) is 23. The Hall–Kier alpha value is -5.11. The lowest BCUT2D eigenvalue weighted by Gasteiger charge is -2.12. The molecule has 0 atom stereocenters. The lowest BCUT2D eigenvalue weighted by atomic mass is 10.1. The zero-order valence-electron chi connectivity index (χ0n) is 29.2. The van der Waals surface area contributed by atoms with Crippen molar-refractivity contribution < 1.29 is 79.4 Å². The summed E-state index contributed by atoms with van der Waals surface area (Å²) in [5.41, 5.74) is 5.46. The second-order valence-corrected chi connectivity index (χ2v) is 16.6. The molecule has 0 fully saturated rings. The first-order chi connectivity index (χ1) is 28.2. The first-order valence-electron chi connectivity index (χ1n) is 15.7. The zero-order valence-corrected chi connectivity index (χ0v) is 33.3. The molecule has 0 spiro atoms. The fraction of sp³-hybridized carbons (Fsp3) is 0.0625. The van der Waals surface area contributed by atoms with Gasteiger partial charge in [-0.3, -0.25) is 4.55 Å². The summed E-state index contributed by atoms with van der Waals surface area (Å²) < 4.78 is 75.0. The number of sulfone groups is 1. The number of benzene rings is 4. The van der Waals surface area contributed by atoms with Crippen molar-refractivity contribution in [3.8, 4) is 5.75 Å². The third-order valence-electron chi connectivity index (χ3n) is 7.45. The normalized spacial score (nSPS) is 12.2. The molecular weight excluding hydrogens is 885 g/mol. The quantitative estimate of drug-likeness (QED) is 0.00837. The van der Waals surface area contributed by atoms with Crippen LogP contribution in [0.3, 0.4) is 0 Å². The maximum atomic E-state index is 12.4. The van der Waals surface area contributed by atoms with Gasteiger partial charge in [0.05, 0.1) is 68.0 Å². The molecule has 0 saturated carbocycles. The van der Waals surface area contributed by atoms with Crippen LogP contribution in [0.25, 0.3) is 10.8 Å². The number of phenolic OH excluding ortho intramolecular Hbond substituents is 1. The summed E-state index contributed by atoms with van der Waals surface area (Å²) in [4.78, 5) is 15.3. The minimum absolute atomic E-state index is 0.0174. The molecule has 4 aromatic carbocycles. The van der Waals surface area contributed by atoms with Crippen LogP contribution in [-0.2, 0) is 54.5 Å². The van der Waals surface area contributed by atoms with E-state index in [1.54, 1.807) is 6.20 Å². The average Bonchev–Trinajstić information content (AvgIpc) is 3.21. The summed E-state index contributed by atoms with van der Waals surface area (Å²) >= 11 is 1.32. The molecule has 0 radical (unpaired) electrons. The molecule has 6 N–H and O–H groups in total. The zero-order chi connectivity index (χ0) is 42.7. The first kappa shape index (κ1) is 45.0. The van der Waals surface area contributed by atoms with Crippen LogP contribution >= 0.6 is 36.1 Å². The maximum Gasteiger partial charge on any atom is 0.296 e. The largest absolute Gasteiger partial charge is 0.545 e. The number of carbonyl (C=O) groups excluding carboxylic acids is 1. The predicted octanol–water partition coefficient (Wildman–Crippen LogP) is 6.29. The van der Waals surface area contributed by atoms with Crippen LogP contribution in [0.2, 0.25) is 0 Å². The number of nitrogen functional groups attached to an aromatic ring is 1. The number of rotatable bonds is 20. The number of nitrogens with zero attached hydrogens (tertiary/aromatic N) is 5. The topological polar surface area (TPSA) is 324 Å². The monoisotopic (exact) mass is 910 g/mol. The van der Waals surface area contributed by atoms with Crippen LogP contribution in [0.15, 0.2) is 136 Å². The van der Waals surface area contributed by atoms with Crippen molar-refractivity contribution in [2.45, 2.75) is 31.0 Å². The smallest absolute Gasteiger partial charge is 0.296 e. The number of pyridine rings is 1. The van der Waals surface area contributed by atoms with Gasteiger partial charge >= 0.3 is 0 Å². The molecule has 1 heterocycles. The van der Waals surface area contributed by atoms with Crippen molar-refractivity contribution in [1.29, 1.82) is 0 Å². The van der Waals surface area contributed by atoms with E-state index in [9.17, 15) is 36.4 Å². The number of carboxylic acid groups (broad SMARTS) is 1. The van der Waals surface area contributed by atoms with Crippen molar-refractivity contribution in [1.82, 2.24) is 0 Å². The third-order valence-corrected chi connectivity index (χ3v) is 11.6. The number of aromatic nitrogens is 1. The van der Waals surface area contributed by atoms with E-state index in [2.05, 4.69) is 45.8 Å². The van der Waals surface area contributed by atoms with E-state index in [-0.39, 0.29) is 77.5 Å². The van der Waals surface area contributed by atoms with Gasteiger partial charge in [-0.05, 0) is 60.7 Å². The van der Waals surface area contributed by atoms with E-state index in [1.165, 1.54) is 65.4 Å². The summed E-state index contributed by atoms with van der Waals surface area (Å²) in [6.07, 6.45) is 2.93.